The highest BCUT2D eigenvalue weighted by Gasteiger charge is 2.36. The first kappa shape index (κ1) is 21.3. The minimum atomic E-state index is 0.171. The van der Waals surface area contributed by atoms with E-state index >= 15 is 0 Å². The second-order valence-corrected chi connectivity index (χ2v) is 9.78. The average molecular weight is 429 g/mol. The van der Waals surface area contributed by atoms with E-state index < -0.39 is 0 Å². The average Bonchev–Trinajstić information content (AvgIpc) is 3.10. The fourth-order valence-electron chi connectivity index (χ4n) is 4.55. The van der Waals surface area contributed by atoms with Crippen molar-refractivity contribution in [3.05, 3.63) is 33.8 Å². The zero-order valence-electron chi connectivity index (χ0n) is 16.3. The molecule has 27 heavy (non-hydrogen) atoms. The van der Waals surface area contributed by atoms with Gasteiger partial charge in [0.05, 0.1) is 16.5 Å². The van der Waals surface area contributed by atoms with Crippen LogP contribution in [0.15, 0.2) is 18.2 Å². The minimum absolute atomic E-state index is 0.171. The van der Waals surface area contributed by atoms with Crippen molar-refractivity contribution in [1.82, 2.24) is 9.80 Å². The van der Waals surface area contributed by atoms with Gasteiger partial charge in [-0.2, -0.15) is 11.8 Å². The van der Waals surface area contributed by atoms with Crippen LogP contribution in [0.25, 0.3) is 0 Å². The highest BCUT2D eigenvalue weighted by molar-refractivity contribution is 7.99. The van der Waals surface area contributed by atoms with Crippen molar-refractivity contribution >= 4 is 40.9 Å². The molecule has 1 saturated carbocycles. The summed E-state index contributed by atoms with van der Waals surface area (Å²) < 4.78 is 0. The molecule has 0 N–H and O–H groups in total. The molecule has 1 aliphatic carbocycles. The Bertz CT molecular complexity index is 651. The molecular formula is C21H30Cl2N2OS. The van der Waals surface area contributed by atoms with Crippen LogP contribution < -0.4 is 0 Å². The van der Waals surface area contributed by atoms with Gasteiger partial charge in [-0.05, 0) is 69.1 Å². The van der Waals surface area contributed by atoms with Gasteiger partial charge in [0, 0.05) is 24.4 Å². The van der Waals surface area contributed by atoms with Crippen LogP contribution in [0.2, 0.25) is 10.0 Å². The molecule has 3 nitrogen and oxygen atoms in total. The number of benzene rings is 1. The number of halogens is 2. The molecule has 1 amide bonds. The Morgan fingerprint density at radius 1 is 1.19 bits per heavy atom. The van der Waals surface area contributed by atoms with Gasteiger partial charge >= 0.3 is 0 Å². The van der Waals surface area contributed by atoms with Gasteiger partial charge in [0.2, 0.25) is 5.91 Å². The first-order valence-corrected chi connectivity index (χ1v) is 12.0. The van der Waals surface area contributed by atoms with E-state index in [1.54, 1.807) is 6.07 Å². The lowest BCUT2D eigenvalue weighted by molar-refractivity contribution is -0.132. The summed E-state index contributed by atoms with van der Waals surface area (Å²) in [5.74, 6) is 0.171. The molecule has 3 atom stereocenters. The van der Waals surface area contributed by atoms with Crippen LogP contribution in [0.5, 0.6) is 0 Å². The molecule has 1 aliphatic heterocycles. The number of hydrogen-bond acceptors (Lipinski definition) is 3. The van der Waals surface area contributed by atoms with Gasteiger partial charge < -0.3 is 4.90 Å². The van der Waals surface area contributed by atoms with Gasteiger partial charge in [-0.15, -0.1) is 0 Å². The smallest absolute Gasteiger partial charge is 0.227 e. The number of carbonyl (C=O) groups excluding carboxylic acids is 1. The third kappa shape index (κ3) is 5.35. The largest absolute Gasteiger partial charge is 0.341 e. The van der Waals surface area contributed by atoms with Crippen molar-refractivity contribution in [2.24, 2.45) is 0 Å². The van der Waals surface area contributed by atoms with Gasteiger partial charge in [0.1, 0.15) is 0 Å². The van der Waals surface area contributed by atoms with Crippen molar-refractivity contribution in [1.29, 1.82) is 0 Å². The number of rotatable bonds is 5. The third-order valence-corrected chi connectivity index (χ3v) is 7.98. The van der Waals surface area contributed by atoms with Crippen LogP contribution in [-0.2, 0) is 11.2 Å². The molecule has 0 bridgehead atoms. The number of likely N-dealkylation sites (tertiary alicyclic amines) is 1. The van der Waals surface area contributed by atoms with E-state index in [-0.39, 0.29) is 5.91 Å². The molecular weight excluding hydrogens is 399 g/mol. The summed E-state index contributed by atoms with van der Waals surface area (Å²) in [5, 5.41) is 1.68. The maximum Gasteiger partial charge on any atom is 0.227 e. The Balaban J connectivity index is 1.75. The lowest BCUT2D eigenvalue weighted by Crippen LogP contribution is -2.52. The Hall–Kier alpha value is -0.420. The predicted molar refractivity (Wildman–Crippen MR) is 117 cm³/mol. The van der Waals surface area contributed by atoms with Crippen LogP contribution in [0, 0.1) is 0 Å². The molecule has 1 aromatic rings. The first-order chi connectivity index (χ1) is 13.0. The predicted octanol–water partition coefficient (Wildman–Crippen LogP) is 5.13. The van der Waals surface area contributed by atoms with E-state index in [2.05, 4.69) is 11.2 Å². The summed E-state index contributed by atoms with van der Waals surface area (Å²) in [6, 6.07) is 6.27. The van der Waals surface area contributed by atoms with Crippen molar-refractivity contribution in [2.75, 3.05) is 26.4 Å². The van der Waals surface area contributed by atoms with E-state index in [1.165, 1.54) is 45.2 Å². The number of thioether (sulfide) groups is 1. The lowest BCUT2D eigenvalue weighted by Gasteiger charge is -2.39. The Labute approximate surface area is 177 Å². The van der Waals surface area contributed by atoms with Gasteiger partial charge in [-0.25, -0.2) is 0 Å². The summed E-state index contributed by atoms with van der Waals surface area (Å²) in [6.45, 7) is 2.36. The van der Waals surface area contributed by atoms with Crippen LogP contribution in [0.1, 0.15) is 44.1 Å². The van der Waals surface area contributed by atoms with Crippen molar-refractivity contribution in [3.8, 4) is 0 Å². The van der Waals surface area contributed by atoms with Crippen LogP contribution in [0.3, 0.4) is 0 Å². The van der Waals surface area contributed by atoms with Crippen LogP contribution in [-0.4, -0.2) is 59.4 Å². The normalized spacial score (nSPS) is 26.7. The molecule has 2 aliphatic rings. The molecule has 2 fully saturated rings. The summed E-state index contributed by atoms with van der Waals surface area (Å²) in [5.41, 5.74) is 0.925. The number of hydrogen-bond donors (Lipinski definition) is 0. The quantitative estimate of drug-likeness (QED) is 0.606. The number of carbonyl (C=O) groups is 1. The second kappa shape index (κ2) is 9.87. The van der Waals surface area contributed by atoms with Crippen LogP contribution in [0.4, 0.5) is 0 Å². The minimum Gasteiger partial charge on any atom is -0.341 e. The molecule has 1 saturated heterocycles. The molecule has 3 unspecified atom stereocenters. The Morgan fingerprint density at radius 3 is 2.59 bits per heavy atom. The number of nitrogens with zero attached hydrogens (tertiary/aromatic N) is 2. The third-order valence-electron chi connectivity index (χ3n) is 6.15. The SMILES string of the molecule is CSC1CCCC(N2CCCC2)C(N(C)C(=O)Cc2ccc(Cl)c(Cl)c2)C1. The number of likely N-dealkylation sites (N-methyl/N-ethyl adjacent to an activating group) is 1. The fourth-order valence-corrected chi connectivity index (χ4v) is 5.67. The Kier molecular flexibility index (Phi) is 7.78. The van der Waals surface area contributed by atoms with Gasteiger partial charge in [-0.3, -0.25) is 9.69 Å². The molecule has 0 radical (unpaired) electrons. The molecule has 1 aromatic carbocycles. The standard InChI is InChI=1S/C21H30Cl2N2OS/c1-24(21(26)13-15-8-9-17(22)18(23)12-15)20-14-16(27-2)6-5-7-19(20)25-10-3-4-11-25/h8-9,12,16,19-20H,3-7,10-11,13-14H2,1-2H3. The highest BCUT2D eigenvalue weighted by atomic mass is 35.5. The van der Waals surface area contributed by atoms with Crippen molar-refractivity contribution in [3.63, 3.8) is 0 Å². The topological polar surface area (TPSA) is 23.6 Å². The molecule has 6 heteroatoms. The summed E-state index contributed by atoms with van der Waals surface area (Å²) in [7, 11) is 2.00. The van der Waals surface area contributed by atoms with Gasteiger partial charge in [0.15, 0.2) is 0 Å². The Morgan fingerprint density at radius 2 is 1.93 bits per heavy atom. The zero-order chi connectivity index (χ0) is 19.4. The van der Waals surface area contributed by atoms with Crippen LogP contribution >= 0.6 is 35.0 Å². The molecule has 1 heterocycles. The molecule has 150 valence electrons. The van der Waals surface area contributed by atoms with E-state index in [9.17, 15) is 4.79 Å². The first-order valence-electron chi connectivity index (χ1n) is 9.96. The van der Waals surface area contributed by atoms with Gasteiger partial charge in [0.25, 0.3) is 0 Å². The number of amides is 1. The summed E-state index contributed by atoms with van der Waals surface area (Å²) in [6.07, 6.45) is 9.97. The zero-order valence-corrected chi connectivity index (χ0v) is 18.6. The van der Waals surface area contributed by atoms with Crippen molar-refractivity contribution in [2.45, 2.75) is 62.3 Å². The lowest BCUT2D eigenvalue weighted by atomic mass is 9.99. The van der Waals surface area contributed by atoms with E-state index in [4.69, 9.17) is 23.2 Å². The molecule has 0 spiro atoms. The maximum atomic E-state index is 13.1. The van der Waals surface area contributed by atoms with E-state index in [0.717, 1.165) is 12.0 Å². The molecule has 0 aromatic heterocycles. The molecule has 3 rings (SSSR count). The van der Waals surface area contributed by atoms with E-state index in [0.29, 0.717) is 33.8 Å². The van der Waals surface area contributed by atoms with Gasteiger partial charge in [-0.1, -0.05) is 35.7 Å². The monoisotopic (exact) mass is 428 g/mol. The highest BCUT2D eigenvalue weighted by Crippen LogP contribution is 2.33. The summed E-state index contributed by atoms with van der Waals surface area (Å²) >= 11 is 14.1. The summed E-state index contributed by atoms with van der Waals surface area (Å²) in [4.78, 5) is 17.8. The fraction of sp³-hybridized carbons (Fsp3) is 0.667. The van der Waals surface area contributed by atoms with E-state index in [1.807, 2.05) is 35.8 Å². The second-order valence-electron chi connectivity index (χ2n) is 7.83. The van der Waals surface area contributed by atoms with Crippen molar-refractivity contribution < 1.29 is 4.79 Å². The maximum absolute atomic E-state index is 13.1.